The van der Waals surface area contributed by atoms with Crippen molar-refractivity contribution in [2.45, 2.75) is 18.9 Å². The van der Waals surface area contributed by atoms with E-state index < -0.39 is 0 Å². The molecule has 0 saturated carbocycles. The first-order chi connectivity index (χ1) is 9.60. The predicted octanol–water partition coefficient (Wildman–Crippen LogP) is -0.210. The van der Waals surface area contributed by atoms with Gasteiger partial charge in [-0.05, 0) is 18.6 Å². The van der Waals surface area contributed by atoms with E-state index in [1.807, 2.05) is 0 Å². The molecule has 1 aliphatic heterocycles. The van der Waals surface area contributed by atoms with Crippen LogP contribution < -0.4 is 16.4 Å². The molecule has 1 fully saturated rings. The first kappa shape index (κ1) is 13.9. The van der Waals surface area contributed by atoms with Crippen LogP contribution in [0.1, 0.15) is 28.8 Å². The molecule has 2 rings (SSSR count). The summed E-state index contributed by atoms with van der Waals surface area (Å²) < 4.78 is 0. The molecule has 7 heteroatoms. The van der Waals surface area contributed by atoms with E-state index in [4.69, 9.17) is 10.9 Å². The molecule has 106 valence electrons. The largest absolute Gasteiger partial charge is 0.409 e. The van der Waals surface area contributed by atoms with Crippen molar-refractivity contribution in [2.75, 3.05) is 6.54 Å². The summed E-state index contributed by atoms with van der Waals surface area (Å²) >= 11 is 0. The molecule has 1 aromatic rings. The van der Waals surface area contributed by atoms with Crippen LogP contribution in [0.2, 0.25) is 0 Å². The zero-order valence-corrected chi connectivity index (χ0v) is 10.8. The number of carbonyl (C=O) groups is 2. The van der Waals surface area contributed by atoms with Gasteiger partial charge in [-0.25, -0.2) is 0 Å². The van der Waals surface area contributed by atoms with Gasteiger partial charge in [0.25, 0.3) is 5.91 Å². The van der Waals surface area contributed by atoms with Crippen LogP contribution in [0.3, 0.4) is 0 Å². The number of nitrogens with one attached hydrogen (secondary N) is 2. The highest BCUT2D eigenvalue weighted by Gasteiger charge is 2.20. The second-order valence-corrected chi connectivity index (χ2v) is 4.58. The molecule has 20 heavy (non-hydrogen) atoms. The van der Waals surface area contributed by atoms with Crippen molar-refractivity contribution in [3.63, 3.8) is 0 Å². The zero-order valence-electron chi connectivity index (χ0n) is 10.8. The number of amides is 2. The zero-order chi connectivity index (χ0) is 14.5. The number of carbonyl (C=O) groups excluding carboxylic acids is 2. The molecule has 1 heterocycles. The summed E-state index contributed by atoms with van der Waals surface area (Å²) in [5, 5.41) is 17.0. The van der Waals surface area contributed by atoms with Crippen molar-refractivity contribution in [3.05, 3.63) is 35.4 Å². The summed E-state index contributed by atoms with van der Waals surface area (Å²) in [6.45, 7) is 0.451. The Morgan fingerprint density at radius 1 is 1.35 bits per heavy atom. The van der Waals surface area contributed by atoms with E-state index in [-0.39, 0.29) is 23.7 Å². The van der Waals surface area contributed by atoms with Crippen LogP contribution in [0.25, 0.3) is 0 Å². The highest BCUT2D eigenvalue weighted by molar-refractivity contribution is 5.99. The second-order valence-electron chi connectivity index (χ2n) is 4.58. The molecule has 0 aromatic heterocycles. The predicted molar refractivity (Wildman–Crippen MR) is 72.5 cm³/mol. The highest BCUT2D eigenvalue weighted by atomic mass is 16.4. The summed E-state index contributed by atoms with van der Waals surface area (Å²) in [6.07, 6.45) is 1.06. The van der Waals surface area contributed by atoms with Gasteiger partial charge in [0.2, 0.25) is 5.91 Å². The average molecular weight is 276 g/mol. The van der Waals surface area contributed by atoms with Gasteiger partial charge in [0.15, 0.2) is 5.84 Å². The second kappa shape index (κ2) is 6.05. The molecule has 1 aromatic carbocycles. The molecule has 1 unspecified atom stereocenters. The Balaban J connectivity index is 1.97. The fourth-order valence-electron chi connectivity index (χ4n) is 1.97. The Morgan fingerprint density at radius 2 is 2.00 bits per heavy atom. The maximum Gasteiger partial charge on any atom is 0.251 e. The van der Waals surface area contributed by atoms with Gasteiger partial charge in [0, 0.05) is 30.1 Å². The molecule has 1 atom stereocenters. The number of rotatable bonds is 3. The van der Waals surface area contributed by atoms with Crippen LogP contribution in [0.5, 0.6) is 0 Å². The Labute approximate surface area is 115 Å². The van der Waals surface area contributed by atoms with E-state index in [1.54, 1.807) is 24.3 Å². The van der Waals surface area contributed by atoms with E-state index in [1.165, 1.54) is 0 Å². The molecular formula is C13H16N4O3. The standard InChI is InChI=1S/C13H16N4O3/c14-12(17-20)8-1-3-9(4-2-8)13(19)16-10-5-6-11(18)15-7-10/h1-4,10,20H,5-7H2,(H2,14,17)(H,15,18)(H,16,19). The SMILES string of the molecule is NC(=NO)c1ccc(C(=O)NC2CCC(=O)NC2)cc1. The molecule has 5 N–H and O–H groups in total. The monoisotopic (exact) mass is 276 g/mol. The van der Waals surface area contributed by atoms with Gasteiger partial charge < -0.3 is 21.6 Å². The van der Waals surface area contributed by atoms with E-state index in [0.29, 0.717) is 30.5 Å². The Kier molecular flexibility index (Phi) is 4.19. The number of benzene rings is 1. The third-order valence-electron chi connectivity index (χ3n) is 3.15. The third kappa shape index (κ3) is 3.25. The van der Waals surface area contributed by atoms with E-state index >= 15 is 0 Å². The average Bonchev–Trinajstić information content (AvgIpc) is 2.49. The lowest BCUT2D eigenvalue weighted by Crippen LogP contribution is -2.47. The molecule has 2 amide bonds. The minimum Gasteiger partial charge on any atom is -0.409 e. The maximum atomic E-state index is 12.0. The van der Waals surface area contributed by atoms with Crippen molar-refractivity contribution in [1.82, 2.24) is 10.6 Å². The van der Waals surface area contributed by atoms with Gasteiger partial charge in [-0.2, -0.15) is 0 Å². The van der Waals surface area contributed by atoms with Crippen LogP contribution in [-0.4, -0.2) is 35.4 Å². The molecular weight excluding hydrogens is 260 g/mol. The van der Waals surface area contributed by atoms with Gasteiger partial charge in [-0.15, -0.1) is 0 Å². The molecule has 0 spiro atoms. The number of oxime groups is 1. The van der Waals surface area contributed by atoms with Crippen LogP contribution in [0, 0.1) is 0 Å². The molecule has 0 radical (unpaired) electrons. The van der Waals surface area contributed by atoms with Crippen LogP contribution >= 0.6 is 0 Å². The molecule has 1 aliphatic rings. The minimum atomic E-state index is -0.211. The van der Waals surface area contributed by atoms with Gasteiger partial charge in [-0.1, -0.05) is 17.3 Å². The first-order valence-electron chi connectivity index (χ1n) is 6.25. The quantitative estimate of drug-likeness (QED) is 0.264. The maximum absolute atomic E-state index is 12.0. The fourth-order valence-corrected chi connectivity index (χ4v) is 1.97. The first-order valence-corrected chi connectivity index (χ1v) is 6.25. The van der Waals surface area contributed by atoms with Gasteiger partial charge in [-0.3, -0.25) is 9.59 Å². The lowest BCUT2D eigenvalue weighted by atomic mass is 10.1. The van der Waals surface area contributed by atoms with E-state index in [0.717, 1.165) is 0 Å². The molecule has 1 saturated heterocycles. The van der Waals surface area contributed by atoms with Crippen LogP contribution in [0.15, 0.2) is 29.4 Å². The number of hydrogen-bond acceptors (Lipinski definition) is 4. The molecule has 0 bridgehead atoms. The number of piperidine rings is 1. The summed E-state index contributed by atoms with van der Waals surface area (Å²) in [5.74, 6) is -0.206. The van der Waals surface area contributed by atoms with E-state index in [9.17, 15) is 9.59 Å². The number of hydrogen-bond donors (Lipinski definition) is 4. The summed E-state index contributed by atoms with van der Waals surface area (Å²) in [6, 6.07) is 6.36. The minimum absolute atomic E-state index is 0.00745. The van der Waals surface area contributed by atoms with Crippen molar-refractivity contribution in [2.24, 2.45) is 10.9 Å². The van der Waals surface area contributed by atoms with Crippen LogP contribution in [0.4, 0.5) is 0 Å². The van der Waals surface area contributed by atoms with Crippen molar-refractivity contribution in [1.29, 1.82) is 0 Å². The van der Waals surface area contributed by atoms with Gasteiger partial charge in [0.05, 0.1) is 0 Å². The van der Waals surface area contributed by atoms with E-state index in [2.05, 4.69) is 15.8 Å². The smallest absolute Gasteiger partial charge is 0.251 e. The summed E-state index contributed by atoms with van der Waals surface area (Å²) in [4.78, 5) is 23.0. The van der Waals surface area contributed by atoms with Crippen molar-refractivity contribution in [3.8, 4) is 0 Å². The Morgan fingerprint density at radius 3 is 2.55 bits per heavy atom. The Bertz CT molecular complexity index is 529. The number of amidine groups is 1. The van der Waals surface area contributed by atoms with Crippen molar-refractivity contribution < 1.29 is 14.8 Å². The Hall–Kier alpha value is -2.57. The highest BCUT2D eigenvalue weighted by Crippen LogP contribution is 2.07. The number of nitrogens with zero attached hydrogens (tertiary/aromatic N) is 1. The van der Waals surface area contributed by atoms with Gasteiger partial charge in [0.1, 0.15) is 0 Å². The number of nitrogens with two attached hydrogens (primary N) is 1. The fraction of sp³-hybridized carbons (Fsp3) is 0.308. The molecule has 0 aliphatic carbocycles. The lowest BCUT2D eigenvalue weighted by Gasteiger charge is -2.23. The van der Waals surface area contributed by atoms with Crippen molar-refractivity contribution >= 4 is 17.6 Å². The molecule has 7 nitrogen and oxygen atoms in total. The summed E-state index contributed by atoms with van der Waals surface area (Å²) in [7, 11) is 0. The summed E-state index contributed by atoms with van der Waals surface area (Å²) in [5.41, 5.74) is 6.46. The van der Waals surface area contributed by atoms with Crippen LogP contribution in [-0.2, 0) is 4.79 Å². The normalized spacial score (nSPS) is 19.3. The topological polar surface area (TPSA) is 117 Å². The lowest BCUT2D eigenvalue weighted by molar-refractivity contribution is -0.122. The third-order valence-corrected chi connectivity index (χ3v) is 3.15. The van der Waals surface area contributed by atoms with Gasteiger partial charge >= 0.3 is 0 Å².